The molecule has 1 unspecified atom stereocenters. The number of aromatic nitrogens is 3. The molecule has 0 radical (unpaired) electrons. The van der Waals surface area contributed by atoms with Gasteiger partial charge in [-0.3, -0.25) is 9.69 Å². The molecule has 1 fully saturated rings. The molecule has 1 saturated heterocycles. The van der Waals surface area contributed by atoms with E-state index in [2.05, 4.69) is 27.0 Å². The number of aromatic amines is 1. The van der Waals surface area contributed by atoms with Crippen LogP contribution in [0.25, 0.3) is 34.4 Å². The number of hydrogen-bond acceptors (Lipinski definition) is 6. The van der Waals surface area contributed by atoms with Crippen molar-refractivity contribution in [2.75, 3.05) is 26.3 Å². The van der Waals surface area contributed by atoms with E-state index in [1.807, 2.05) is 26.0 Å². The van der Waals surface area contributed by atoms with Crippen molar-refractivity contribution in [3.63, 3.8) is 0 Å². The van der Waals surface area contributed by atoms with Gasteiger partial charge in [0.1, 0.15) is 0 Å². The lowest BCUT2D eigenvalue weighted by Gasteiger charge is -2.32. The zero-order valence-corrected chi connectivity index (χ0v) is 18.3. The zero-order valence-electron chi connectivity index (χ0n) is 18.3. The first-order chi connectivity index (χ1) is 15.5. The largest absolute Gasteiger partial charge is 0.475 e. The van der Waals surface area contributed by atoms with Crippen LogP contribution < -0.4 is 21.0 Å². The fraction of sp³-hybridized carbons (Fsp3) is 0.375. The molecule has 32 heavy (non-hydrogen) atoms. The fourth-order valence-corrected chi connectivity index (χ4v) is 4.38. The molecule has 1 amide bonds. The first kappa shape index (κ1) is 20.7. The van der Waals surface area contributed by atoms with Gasteiger partial charge in [-0.1, -0.05) is 6.08 Å². The van der Waals surface area contributed by atoms with E-state index in [0.29, 0.717) is 28.7 Å². The predicted octanol–water partition coefficient (Wildman–Crippen LogP) is 1.18. The van der Waals surface area contributed by atoms with E-state index in [4.69, 9.17) is 20.2 Å². The second-order valence-corrected chi connectivity index (χ2v) is 8.47. The van der Waals surface area contributed by atoms with Crippen LogP contribution in [0.15, 0.2) is 24.4 Å². The van der Waals surface area contributed by atoms with Gasteiger partial charge in [0.2, 0.25) is 5.88 Å². The molecule has 3 N–H and O–H groups in total. The summed E-state index contributed by atoms with van der Waals surface area (Å²) in [6, 6.07) is 5.73. The summed E-state index contributed by atoms with van der Waals surface area (Å²) in [6.45, 7) is 7.27. The monoisotopic (exact) mass is 433 g/mol. The first-order valence-electron chi connectivity index (χ1n) is 11.0. The maximum Gasteiger partial charge on any atom is 0.250 e. The predicted molar refractivity (Wildman–Crippen MR) is 123 cm³/mol. The van der Waals surface area contributed by atoms with Crippen LogP contribution in [-0.4, -0.2) is 64.2 Å². The van der Waals surface area contributed by atoms with Crippen LogP contribution in [0.4, 0.5) is 0 Å². The van der Waals surface area contributed by atoms with Crippen LogP contribution in [0.5, 0.6) is 5.88 Å². The Balaban J connectivity index is 1.59. The van der Waals surface area contributed by atoms with Crippen LogP contribution in [0, 0.1) is 0 Å². The number of primary amides is 1. The van der Waals surface area contributed by atoms with Gasteiger partial charge >= 0.3 is 0 Å². The molecule has 0 aromatic carbocycles. The number of carbonyl (C=O) groups excluding carboxylic acids is 1. The Morgan fingerprint density at radius 3 is 2.81 bits per heavy atom. The lowest BCUT2D eigenvalue weighted by molar-refractivity contribution is 0.0290. The first-order valence-corrected chi connectivity index (χ1v) is 11.0. The molecule has 3 aromatic heterocycles. The minimum atomic E-state index is -0.491. The molecule has 0 spiro atoms. The van der Waals surface area contributed by atoms with Crippen LogP contribution >= 0.6 is 0 Å². The van der Waals surface area contributed by atoms with Crippen molar-refractivity contribution in [1.29, 1.82) is 0 Å². The zero-order chi connectivity index (χ0) is 22.2. The maximum absolute atomic E-state index is 12.3. The number of morpholine rings is 1. The summed E-state index contributed by atoms with van der Waals surface area (Å²) in [5, 5.41) is 2.00. The highest BCUT2D eigenvalue weighted by Crippen LogP contribution is 2.24. The Morgan fingerprint density at radius 2 is 2.12 bits per heavy atom. The number of fused-ring (bicyclic) bond motifs is 3. The van der Waals surface area contributed by atoms with E-state index in [0.717, 1.165) is 54.4 Å². The van der Waals surface area contributed by atoms with Gasteiger partial charge in [0.15, 0.2) is 0 Å². The third-order valence-corrected chi connectivity index (χ3v) is 5.92. The molecule has 3 aromatic rings. The summed E-state index contributed by atoms with van der Waals surface area (Å²) in [5.41, 5.74) is 9.05. The SMILES string of the molecule is CC(C)Oc1ccc(-c2cc(C(N)=O)c3[nH]c4c(c3n2)=CCC(N2CCOCC2)C=4)cn1. The number of rotatable bonds is 5. The van der Waals surface area contributed by atoms with Crippen LogP contribution in [-0.2, 0) is 4.74 Å². The van der Waals surface area contributed by atoms with Gasteiger partial charge in [-0.15, -0.1) is 0 Å². The second kappa shape index (κ2) is 8.37. The Hall–Kier alpha value is -3.23. The molecule has 8 heteroatoms. The average Bonchev–Trinajstić information content (AvgIpc) is 3.17. The molecule has 0 saturated carbocycles. The Labute approximate surface area is 185 Å². The number of ether oxygens (including phenoxy) is 2. The summed E-state index contributed by atoms with van der Waals surface area (Å²) in [5.74, 6) is 0.0609. The van der Waals surface area contributed by atoms with Crippen molar-refractivity contribution < 1.29 is 14.3 Å². The summed E-state index contributed by atoms with van der Waals surface area (Å²) in [6.07, 6.45) is 7.07. The number of pyridine rings is 2. The van der Waals surface area contributed by atoms with Crippen molar-refractivity contribution >= 4 is 29.1 Å². The molecule has 0 bridgehead atoms. The highest BCUT2D eigenvalue weighted by atomic mass is 16.5. The van der Waals surface area contributed by atoms with Gasteiger partial charge in [0.25, 0.3) is 5.91 Å². The van der Waals surface area contributed by atoms with E-state index in [9.17, 15) is 4.79 Å². The van der Waals surface area contributed by atoms with Crippen LogP contribution in [0.1, 0.15) is 30.6 Å². The third kappa shape index (κ3) is 3.87. The molecule has 1 atom stereocenters. The quantitative estimate of drug-likeness (QED) is 0.626. The van der Waals surface area contributed by atoms with Gasteiger partial charge in [-0.05, 0) is 38.5 Å². The Bertz CT molecular complexity index is 1270. The maximum atomic E-state index is 12.3. The number of H-pyrrole nitrogens is 1. The van der Waals surface area contributed by atoms with Gasteiger partial charge in [-0.25, -0.2) is 9.97 Å². The second-order valence-electron chi connectivity index (χ2n) is 8.47. The topological polar surface area (TPSA) is 106 Å². The van der Waals surface area contributed by atoms with Crippen molar-refractivity contribution in [2.24, 2.45) is 5.73 Å². The summed E-state index contributed by atoms with van der Waals surface area (Å²) in [7, 11) is 0. The molecule has 8 nitrogen and oxygen atoms in total. The van der Waals surface area contributed by atoms with E-state index in [-0.39, 0.29) is 6.10 Å². The van der Waals surface area contributed by atoms with E-state index < -0.39 is 5.91 Å². The summed E-state index contributed by atoms with van der Waals surface area (Å²) >= 11 is 0. The molecular formula is C24H27N5O3. The van der Waals surface area contributed by atoms with Crippen molar-refractivity contribution in [2.45, 2.75) is 32.4 Å². The number of hydrogen-bond donors (Lipinski definition) is 2. The molecular weight excluding hydrogens is 406 g/mol. The van der Waals surface area contributed by atoms with Gasteiger partial charge in [-0.2, -0.15) is 0 Å². The number of nitrogens with zero attached hydrogens (tertiary/aromatic N) is 3. The molecule has 5 rings (SSSR count). The highest BCUT2D eigenvalue weighted by Gasteiger charge is 2.22. The van der Waals surface area contributed by atoms with Crippen LogP contribution in [0.2, 0.25) is 0 Å². The molecule has 4 heterocycles. The van der Waals surface area contributed by atoms with Crippen molar-refractivity contribution in [3.8, 4) is 17.1 Å². The number of nitrogens with one attached hydrogen (secondary N) is 1. The molecule has 1 aliphatic carbocycles. The van der Waals surface area contributed by atoms with Gasteiger partial charge in [0, 0.05) is 47.5 Å². The normalized spacial score (nSPS) is 18.8. The van der Waals surface area contributed by atoms with E-state index >= 15 is 0 Å². The minimum absolute atomic E-state index is 0.0451. The average molecular weight is 434 g/mol. The number of nitrogens with two attached hydrogens (primary N) is 1. The van der Waals surface area contributed by atoms with E-state index in [1.165, 1.54) is 0 Å². The molecule has 2 aliphatic rings. The third-order valence-electron chi connectivity index (χ3n) is 5.92. The summed E-state index contributed by atoms with van der Waals surface area (Å²) < 4.78 is 11.1. The molecule has 166 valence electrons. The standard InChI is InChI=1S/C24H27N5O3/c1-14(2)32-21-6-3-15(13-26-21)19-12-18(24(25)30)23-22(27-19)17-5-4-16(11-20(17)28-23)29-7-9-31-10-8-29/h3,5-6,11-14,16,28H,4,7-10H2,1-2H3,(H2,25,30). The fourth-order valence-electron chi connectivity index (χ4n) is 4.38. The van der Waals surface area contributed by atoms with Crippen LogP contribution in [0.3, 0.4) is 0 Å². The minimum Gasteiger partial charge on any atom is -0.475 e. The Morgan fingerprint density at radius 1 is 1.31 bits per heavy atom. The van der Waals surface area contributed by atoms with Gasteiger partial charge in [0.05, 0.1) is 41.6 Å². The molecule has 1 aliphatic heterocycles. The van der Waals surface area contributed by atoms with Crippen molar-refractivity contribution in [1.82, 2.24) is 19.9 Å². The Kier molecular flexibility index (Phi) is 5.40. The van der Waals surface area contributed by atoms with Gasteiger partial charge < -0.3 is 20.2 Å². The lowest BCUT2D eigenvalue weighted by atomic mass is 10.0. The number of amides is 1. The van der Waals surface area contributed by atoms with E-state index in [1.54, 1.807) is 12.3 Å². The summed E-state index contributed by atoms with van der Waals surface area (Å²) in [4.78, 5) is 27.4. The highest BCUT2D eigenvalue weighted by molar-refractivity contribution is 6.05. The van der Waals surface area contributed by atoms with Crippen molar-refractivity contribution in [3.05, 3.63) is 40.5 Å². The smallest absolute Gasteiger partial charge is 0.250 e. The number of carbonyl (C=O) groups is 1. The lowest BCUT2D eigenvalue weighted by Crippen LogP contribution is -2.45.